The molecule has 3 rings (SSSR count). The van der Waals surface area contributed by atoms with Crippen LogP contribution in [-0.4, -0.2) is 29.1 Å². The Bertz CT molecular complexity index is 858. The van der Waals surface area contributed by atoms with Crippen molar-refractivity contribution >= 4 is 11.8 Å². The normalized spacial score (nSPS) is 19.8. The maximum Gasteiger partial charge on any atom is 0.311 e. The Hall–Kier alpha value is -2.87. The maximum atomic E-state index is 12.2. The maximum absolute atomic E-state index is 12.2. The van der Waals surface area contributed by atoms with E-state index >= 15 is 0 Å². The van der Waals surface area contributed by atoms with Gasteiger partial charge in [0, 0.05) is 18.8 Å². The molecule has 1 aromatic carbocycles. The van der Waals surface area contributed by atoms with Crippen molar-refractivity contribution in [2.75, 3.05) is 18.0 Å². The number of nitrogens with zero attached hydrogens (tertiary/aromatic N) is 3. The first kappa shape index (κ1) is 17.9. The molecule has 5 heteroatoms. The lowest BCUT2D eigenvalue weighted by atomic mass is 9.75. The number of aromatic nitrogens is 1. The van der Waals surface area contributed by atoms with Crippen LogP contribution >= 0.6 is 0 Å². The number of carboxylic acids is 1. The Morgan fingerprint density at radius 2 is 2.08 bits per heavy atom. The highest BCUT2D eigenvalue weighted by molar-refractivity contribution is 5.77. The van der Waals surface area contributed by atoms with Crippen molar-refractivity contribution in [3.8, 4) is 6.07 Å². The van der Waals surface area contributed by atoms with Gasteiger partial charge >= 0.3 is 5.97 Å². The summed E-state index contributed by atoms with van der Waals surface area (Å²) in [7, 11) is 0. The molecule has 0 bridgehead atoms. The van der Waals surface area contributed by atoms with Crippen LogP contribution in [0.1, 0.15) is 35.2 Å². The largest absolute Gasteiger partial charge is 0.481 e. The van der Waals surface area contributed by atoms with E-state index in [0.717, 1.165) is 23.2 Å². The standard InChI is InChI=1S/C21H23N3O2/c1-15-11-16(2)23-19(18(15)13-22)24-10-6-9-21(14-24,20(25)26)12-17-7-4-3-5-8-17/h3-5,7-8,11H,6,9-10,12,14H2,1-2H3,(H,25,26)/t21-/m1/s1. The fourth-order valence-electron chi connectivity index (χ4n) is 3.88. The minimum atomic E-state index is -0.869. The number of aryl methyl sites for hydroxylation is 2. The predicted octanol–water partition coefficient (Wildman–Crippen LogP) is 3.48. The van der Waals surface area contributed by atoms with Gasteiger partial charge in [-0.15, -0.1) is 0 Å². The number of hydrogen-bond donors (Lipinski definition) is 1. The van der Waals surface area contributed by atoms with Gasteiger partial charge in [0.1, 0.15) is 11.9 Å². The Kier molecular flexibility index (Phi) is 4.94. The molecule has 1 N–H and O–H groups in total. The number of hydrogen-bond acceptors (Lipinski definition) is 4. The van der Waals surface area contributed by atoms with Gasteiger partial charge in [0.15, 0.2) is 0 Å². The number of anilines is 1. The Morgan fingerprint density at radius 3 is 2.73 bits per heavy atom. The molecule has 5 nitrogen and oxygen atoms in total. The van der Waals surface area contributed by atoms with Crippen molar-refractivity contribution in [3.05, 3.63) is 58.8 Å². The number of aliphatic carboxylic acids is 1. The average Bonchev–Trinajstić information content (AvgIpc) is 2.62. The number of nitriles is 1. The summed E-state index contributed by atoms with van der Waals surface area (Å²) in [6.07, 6.45) is 1.87. The van der Waals surface area contributed by atoms with Gasteiger partial charge in [-0.3, -0.25) is 4.79 Å². The highest BCUT2D eigenvalue weighted by Gasteiger charge is 2.43. The van der Waals surface area contributed by atoms with Gasteiger partial charge in [-0.25, -0.2) is 4.98 Å². The van der Waals surface area contributed by atoms with Gasteiger partial charge < -0.3 is 10.0 Å². The molecule has 1 aliphatic heterocycles. The van der Waals surface area contributed by atoms with Gasteiger partial charge in [-0.05, 0) is 50.3 Å². The molecule has 0 radical (unpaired) electrons. The van der Waals surface area contributed by atoms with E-state index in [-0.39, 0.29) is 0 Å². The monoisotopic (exact) mass is 349 g/mol. The van der Waals surface area contributed by atoms with Crippen LogP contribution in [0.5, 0.6) is 0 Å². The lowest BCUT2D eigenvalue weighted by Gasteiger charge is -2.41. The van der Waals surface area contributed by atoms with Gasteiger partial charge in [0.2, 0.25) is 0 Å². The van der Waals surface area contributed by atoms with Crippen LogP contribution < -0.4 is 4.90 Å². The van der Waals surface area contributed by atoms with Gasteiger partial charge in [0.05, 0.1) is 11.0 Å². The molecule has 0 amide bonds. The Morgan fingerprint density at radius 1 is 1.35 bits per heavy atom. The summed E-state index contributed by atoms with van der Waals surface area (Å²) >= 11 is 0. The molecule has 1 saturated heterocycles. The fraction of sp³-hybridized carbons (Fsp3) is 0.381. The molecule has 0 spiro atoms. The molecule has 1 fully saturated rings. The van der Waals surface area contributed by atoms with Gasteiger partial charge in [0.25, 0.3) is 0 Å². The van der Waals surface area contributed by atoms with Crippen molar-refractivity contribution in [1.29, 1.82) is 5.26 Å². The number of carbonyl (C=O) groups is 1. The molecule has 1 aromatic heterocycles. The van der Waals surface area contributed by atoms with Crippen molar-refractivity contribution in [3.63, 3.8) is 0 Å². The van der Waals surface area contributed by atoms with E-state index in [4.69, 9.17) is 0 Å². The zero-order chi connectivity index (χ0) is 18.7. The summed E-state index contributed by atoms with van der Waals surface area (Å²) in [5.41, 5.74) is 2.41. The van der Waals surface area contributed by atoms with Crippen LogP contribution in [0.4, 0.5) is 5.82 Å². The minimum absolute atomic E-state index is 0.363. The van der Waals surface area contributed by atoms with E-state index < -0.39 is 11.4 Å². The van der Waals surface area contributed by atoms with E-state index in [0.29, 0.717) is 37.3 Å². The van der Waals surface area contributed by atoms with Gasteiger partial charge in [-0.1, -0.05) is 30.3 Å². The molecular formula is C21H23N3O2. The highest BCUT2D eigenvalue weighted by atomic mass is 16.4. The lowest BCUT2D eigenvalue weighted by Crippen LogP contribution is -2.49. The Balaban J connectivity index is 1.97. The van der Waals surface area contributed by atoms with Gasteiger partial charge in [-0.2, -0.15) is 5.26 Å². The number of pyridine rings is 1. The van der Waals surface area contributed by atoms with E-state index in [1.54, 1.807) is 0 Å². The molecule has 0 aliphatic carbocycles. The van der Waals surface area contributed by atoms with Crippen LogP contribution in [0.2, 0.25) is 0 Å². The van der Waals surface area contributed by atoms with Crippen molar-refractivity contribution < 1.29 is 9.90 Å². The van der Waals surface area contributed by atoms with E-state index in [9.17, 15) is 15.2 Å². The number of piperidine rings is 1. The third kappa shape index (κ3) is 3.41. The third-order valence-electron chi connectivity index (χ3n) is 5.15. The summed E-state index contributed by atoms with van der Waals surface area (Å²) in [5.74, 6) is -0.169. The first-order valence-corrected chi connectivity index (χ1v) is 8.86. The predicted molar refractivity (Wildman–Crippen MR) is 100 cm³/mol. The topological polar surface area (TPSA) is 77.2 Å². The zero-order valence-corrected chi connectivity index (χ0v) is 15.2. The summed E-state index contributed by atoms with van der Waals surface area (Å²) in [5, 5.41) is 19.6. The van der Waals surface area contributed by atoms with Crippen molar-refractivity contribution in [2.45, 2.75) is 33.1 Å². The fourth-order valence-corrected chi connectivity index (χ4v) is 3.88. The van der Waals surface area contributed by atoms with Crippen molar-refractivity contribution in [1.82, 2.24) is 4.98 Å². The van der Waals surface area contributed by atoms with E-state index in [1.807, 2.05) is 55.1 Å². The van der Waals surface area contributed by atoms with Crippen LogP contribution in [0.3, 0.4) is 0 Å². The van der Waals surface area contributed by atoms with Crippen LogP contribution in [-0.2, 0) is 11.2 Å². The number of benzene rings is 1. The first-order valence-electron chi connectivity index (χ1n) is 8.86. The van der Waals surface area contributed by atoms with E-state index in [1.165, 1.54) is 0 Å². The Labute approximate surface area is 153 Å². The summed E-state index contributed by atoms with van der Waals surface area (Å²) in [6, 6.07) is 13.9. The SMILES string of the molecule is Cc1cc(C)c(C#N)c(N2CCC[C@](Cc3ccccc3)(C(=O)O)C2)n1. The summed E-state index contributed by atoms with van der Waals surface area (Å²) in [6.45, 7) is 4.88. The quantitative estimate of drug-likeness (QED) is 0.914. The average molecular weight is 349 g/mol. The number of rotatable bonds is 4. The second kappa shape index (κ2) is 7.17. The second-order valence-electron chi connectivity index (χ2n) is 7.16. The molecule has 26 heavy (non-hydrogen) atoms. The third-order valence-corrected chi connectivity index (χ3v) is 5.15. The van der Waals surface area contributed by atoms with Crippen LogP contribution in [0.25, 0.3) is 0 Å². The zero-order valence-electron chi connectivity index (χ0n) is 15.2. The minimum Gasteiger partial charge on any atom is -0.481 e. The molecule has 0 unspecified atom stereocenters. The lowest BCUT2D eigenvalue weighted by molar-refractivity contribution is -0.149. The molecule has 2 heterocycles. The summed E-state index contributed by atoms with van der Waals surface area (Å²) in [4.78, 5) is 18.8. The molecule has 2 aromatic rings. The highest BCUT2D eigenvalue weighted by Crippen LogP contribution is 2.37. The van der Waals surface area contributed by atoms with E-state index in [2.05, 4.69) is 11.1 Å². The molecule has 134 valence electrons. The molecule has 1 atom stereocenters. The molecule has 0 saturated carbocycles. The molecule has 1 aliphatic rings. The van der Waals surface area contributed by atoms with Crippen LogP contribution in [0, 0.1) is 30.6 Å². The van der Waals surface area contributed by atoms with Crippen LogP contribution in [0.15, 0.2) is 36.4 Å². The molecular weight excluding hydrogens is 326 g/mol. The summed E-state index contributed by atoms with van der Waals surface area (Å²) < 4.78 is 0. The number of carboxylic acid groups (broad SMARTS) is 1. The van der Waals surface area contributed by atoms with Crippen molar-refractivity contribution in [2.24, 2.45) is 5.41 Å². The first-order chi connectivity index (χ1) is 12.4. The smallest absolute Gasteiger partial charge is 0.311 e. The second-order valence-corrected chi connectivity index (χ2v) is 7.16.